The second kappa shape index (κ2) is 10.4. The average Bonchev–Trinajstić information content (AvgIpc) is 2.76. The van der Waals surface area contributed by atoms with Gasteiger partial charge in [-0.3, -0.25) is 9.59 Å². The van der Waals surface area contributed by atoms with Gasteiger partial charge in [0, 0.05) is 5.02 Å². The first-order valence-electron chi connectivity index (χ1n) is 8.89. The van der Waals surface area contributed by atoms with Crippen LogP contribution in [0.3, 0.4) is 0 Å². The zero-order valence-corrected chi connectivity index (χ0v) is 17.4. The van der Waals surface area contributed by atoms with Gasteiger partial charge in [0.1, 0.15) is 5.75 Å². The van der Waals surface area contributed by atoms with Crippen LogP contribution >= 0.6 is 23.2 Å². The summed E-state index contributed by atoms with van der Waals surface area (Å²) in [4.78, 5) is 35.8. The van der Waals surface area contributed by atoms with E-state index in [4.69, 9.17) is 27.9 Å². The highest BCUT2D eigenvalue weighted by molar-refractivity contribution is 6.41. The van der Waals surface area contributed by atoms with Gasteiger partial charge >= 0.3 is 17.8 Å². The van der Waals surface area contributed by atoms with Crippen molar-refractivity contribution in [2.24, 2.45) is 5.10 Å². The van der Waals surface area contributed by atoms with E-state index in [9.17, 15) is 14.4 Å². The topological polar surface area (TPSA) is 96.9 Å². The van der Waals surface area contributed by atoms with Crippen molar-refractivity contribution >= 4 is 52.9 Å². The molecule has 9 heteroatoms. The average molecular weight is 456 g/mol. The normalized spacial score (nSPS) is 10.5. The third-order valence-corrected chi connectivity index (χ3v) is 4.42. The lowest BCUT2D eigenvalue weighted by Crippen LogP contribution is -2.32. The largest absolute Gasteiger partial charge is 0.423 e. The summed E-state index contributed by atoms with van der Waals surface area (Å²) in [6, 6.07) is 19.3. The summed E-state index contributed by atoms with van der Waals surface area (Å²) < 4.78 is 5.28. The number of benzene rings is 3. The molecule has 7 nitrogen and oxygen atoms in total. The van der Waals surface area contributed by atoms with Crippen molar-refractivity contribution in [3.63, 3.8) is 0 Å². The predicted molar refractivity (Wildman–Crippen MR) is 119 cm³/mol. The second-order valence-corrected chi connectivity index (χ2v) is 6.95. The minimum Gasteiger partial charge on any atom is -0.423 e. The van der Waals surface area contributed by atoms with Crippen LogP contribution in [-0.2, 0) is 9.59 Å². The minimum absolute atomic E-state index is 0.309. The van der Waals surface area contributed by atoms with Crippen molar-refractivity contribution in [3.05, 3.63) is 94.0 Å². The number of nitrogens with one attached hydrogen (secondary N) is 2. The van der Waals surface area contributed by atoms with Crippen molar-refractivity contribution < 1.29 is 19.1 Å². The number of para-hydroxylation sites is 1. The number of anilines is 1. The first-order valence-corrected chi connectivity index (χ1v) is 9.65. The van der Waals surface area contributed by atoms with Crippen molar-refractivity contribution in [1.82, 2.24) is 5.43 Å². The lowest BCUT2D eigenvalue weighted by Gasteiger charge is -2.05. The Balaban J connectivity index is 1.52. The maximum Gasteiger partial charge on any atom is 0.343 e. The van der Waals surface area contributed by atoms with E-state index < -0.39 is 17.8 Å². The van der Waals surface area contributed by atoms with Gasteiger partial charge in [0.05, 0.1) is 22.5 Å². The highest BCUT2D eigenvalue weighted by Crippen LogP contribution is 2.20. The molecule has 2 N–H and O–H groups in total. The van der Waals surface area contributed by atoms with Crippen LogP contribution in [-0.4, -0.2) is 24.0 Å². The fourth-order valence-electron chi connectivity index (χ4n) is 2.36. The number of hydrogen-bond donors (Lipinski definition) is 2. The molecule has 0 aliphatic rings. The minimum atomic E-state index is -0.955. The molecule has 0 bridgehead atoms. The van der Waals surface area contributed by atoms with Crippen LogP contribution in [0.15, 0.2) is 77.9 Å². The molecule has 0 unspecified atom stereocenters. The Morgan fingerprint density at radius 3 is 2.32 bits per heavy atom. The van der Waals surface area contributed by atoms with Crippen LogP contribution in [0.1, 0.15) is 15.9 Å². The number of carbonyl (C=O) groups excluding carboxylic acids is 3. The number of rotatable bonds is 5. The highest BCUT2D eigenvalue weighted by Gasteiger charge is 2.14. The molecule has 0 saturated heterocycles. The van der Waals surface area contributed by atoms with E-state index in [2.05, 4.69) is 15.8 Å². The lowest BCUT2D eigenvalue weighted by atomic mass is 10.2. The Morgan fingerprint density at radius 2 is 1.61 bits per heavy atom. The molecule has 3 aromatic carbocycles. The van der Waals surface area contributed by atoms with Gasteiger partial charge in [-0.25, -0.2) is 10.2 Å². The summed E-state index contributed by atoms with van der Waals surface area (Å²) in [5.41, 5.74) is 3.37. The molecule has 2 amide bonds. The Hall–Kier alpha value is -3.68. The van der Waals surface area contributed by atoms with Crippen molar-refractivity contribution in [2.45, 2.75) is 0 Å². The number of carbonyl (C=O) groups is 3. The SMILES string of the molecule is O=C(N/N=C\c1ccc(OC(=O)c2cccc(Cl)c2)cc1)C(=O)Nc1ccccc1Cl. The van der Waals surface area contributed by atoms with E-state index in [1.165, 1.54) is 12.3 Å². The Kier molecular flexibility index (Phi) is 7.37. The second-order valence-electron chi connectivity index (χ2n) is 6.10. The number of hydrazone groups is 1. The Bertz CT molecular complexity index is 1150. The highest BCUT2D eigenvalue weighted by atomic mass is 35.5. The van der Waals surface area contributed by atoms with Gasteiger partial charge in [-0.15, -0.1) is 0 Å². The van der Waals surface area contributed by atoms with E-state index in [-0.39, 0.29) is 0 Å². The van der Waals surface area contributed by atoms with E-state index in [1.54, 1.807) is 66.7 Å². The summed E-state index contributed by atoms with van der Waals surface area (Å²) >= 11 is 11.8. The molecule has 0 spiro atoms. The van der Waals surface area contributed by atoms with Crippen LogP contribution in [0.25, 0.3) is 0 Å². The summed E-state index contributed by atoms with van der Waals surface area (Å²) in [6.45, 7) is 0. The van der Waals surface area contributed by atoms with E-state index >= 15 is 0 Å². The van der Waals surface area contributed by atoms with Gasteiger partial charge in [-0.05, 0) is 60.2 Å². The van der Waals surface area contributed by atoms with E-state index in [0.717, 1.165) is 0 Å². The number of nitrogens with zero attached hydrogens (tertiary/aromatic N) is 1. The molecule has 3 rings (SSSR count). The first kappa shape index (κ1) is 22.0. The van der Waals surface area contributed by atoms with Crippen molar-refractivity contribution in [3.8, 4) is 5.75 Å². The maximum atomic E-state index is 12.1. The molecule has 0 saturated carbocycles. The number of amides is 2. The van der Waals surface area contributed by atoms with Crippen molar-refractivity contribution in [2.75, 3.05) is 5.32 Å². The fraction of sp³-hybridized carbons (Fsp3) is 0. The lowest BCUT2D eigenvalue weighted by molar-refractivity contribution is -0.136. The van der Waals surface area contributed by atoms with Crippen LogP contribution < -0.4 is 15.5 Å². The molecule has 156 valence electrons. The molecule has 0 aliphatic carbocycles. The number of halogens is 2. The third kappa shape index (κ3) is 6.40. The number of ether oxygens (including phenoxy) is 1. The zero-order valence-electron chi connectivity index (χ0n) is 15.8. The van der Waals surface area contributed by atoms with Gasteiger partial charge in [0.25, 0.3) is 0 Å². The Labute approximate surface area is 187 Å². The Morgan fingerprint density at radius 1 is 0.871 bits per heavy atom. The first-order chi connectivity index (χ1) is 14.9. The van der Waals surface area contributed by atoms with Crippen molar-refractivity contribution in [1.29, 1.82) is 0 Å². The molecule has 0 aliphatic heterocycles. The van der Waals surface area contributed by atoms with Gasteiger partial charge in [-0.2, -0.15) is 5.10 Å². The zero-order chi connectivity index (χ0) is 22.2. The molecule has 0 aromatic heterocycles. The quantitative estimate of drug-likeness (QED) is 0.197. The molecule has 0 heterocycles. The number of hydrogen-bond acceptors (Lipinski definition) is 5. The molecule has 0 atom stereocenters. The summed E-state index contributed by atoms with van der Waals surface area (Å²) in [5.74, 6) is -2.08. The predicted octanol–water partition coefficient (Wildman–Crippen LogP) is 4.30. The van der Waals surface area contributed by atoms with Gasteiger partial charge in [0.15, 0.2) is 0 Å². The summed E-state index contributed by atoms with van der Waals surface area (Å²) in [5, 5.41) is 6.86. The summed E-state index contributed by atoms with van der Waals surface area (Å²) in [6.07, 6.45) is 1.34. The van der Waals surface area contributed by atoms with Crippen LogP contribution in [0.2, 0.25) is 10.0 Å². The third-order valence-electron chi connectivity index (χ3n) is 3.86. The standard InChI is InChI=1S/C22H15Cl2N3O4/c23-16-5-3-4-15(12-16)22(30)31-17-10-8-14(9-11-17)13-25-27-21(29)20(28)26-19-7-2-1-6-18(19)24/h1-13H,(H,26,28)(H,27,29)/b25-13-. The fourth-order valence-corrected chi connectivity index (χ4v) is 2.73. The molecule has 31 heavy (non-hydrogen) atoms. The molecular weight excluding hydrogens is 441 g/mol. The van der Waals surface area contributed by atoms with Crippen LogP contribution in [0, 0.1) is 0 Å². The van der Waals surface area contributed by atoms with Gasteiger partial charge < -0.3 is 10.1 Å². The molecule has 3 aromatic rings. The molecular formula is C22H15Cl2N3O4. The van der Waals surface area contributed by atoms with E-state index in [1.807, 2.05) is 0 Å². The smallest absolute Gasteiger partial charge is 0.343 e. The van der Waals surface area contributed by atoms with Crippen LogP contribution in [0.4, 0.5) is 5.69 Å². The monoisotopic (exact) mass is 455 g/mol. The maximum absolute atomic E-state index is 12.1. The van der Waals surface area contributed by atoms with Gasteiger partial charge in [-0.1, -0.05) is 41.4 Å². The summed E-state index contributed by atoms with van der Waals surface area (Å²) in [7, 11) is 0. The van der Waals surface area contributed by atoms with Crippen LogP contribution in [0.5, 0.6) is 5.75 Å². The molecule has 0 fully saturated rings. The van der Waals surface area contributed by atoms with E-state index in [0.29, 0.717) is 32.6 Å². The number of esters is 1. The van der Waals surface area contributed by atoms with Gasteiger partial charge in [0.2, 0.25) is 0 Å². The molecule has 0 radical (unpaired) electrons.